The second-order valence-corrected chi connectivity index (χ2v) is 5.73. The predicted molar refractivity (Wildman–Crippen MR) is 83.4 cm³/mol. The molecule has 0 radical (unpaired) electrons. The molecule has 1 aromatic carbocycles. The van der Waals surface area contributed by atoms with Crippen LogP contribution in [0.5, 0.6) is 0 Å². The SMILES string of the molecule is CNC(=O)c1cc(Cl)ccc1NC(=O)[C@@H]1CCC[C@@H]1CN. The summed E-state index contributed by atoms with van der Waals surface area (Å²) in [6.45, 7) is 0.515. The number of rotatable bonds is 4. The van der Waals surface area contributed by atoms with E-state index >= 15 is 0 Å². The number of carbonyl (C=O) groups is 2. The van der Waals surface area contributed by atoms with Crippen LogP contribution in [0.15, 0.2) is 18.2 Å². The minimum Gasteiger partial charge on any atom is -0.355 e. The first-order valence-corrected chi connectivity index (χ1v) is 7.47. The summed E-state index contributed by atoms with van der Waals surface area (Å²) in [5.74, 6) is -0.214. The van der Waals surface area contributed by atoms with Crippen molar-refractivity contribution in [1.29, 1.82) is 0 Å². The van der Waals surface area contributed by atoms with Gasteiger partial charge in [-0.2, -0.15) is 0 Å². The van der Waals surface area contributed by atoms with Gasteiger partial charge < -0.3 is 16.4 Å². The Morgan fingerprint density at radius 2 is 2.14 bits per heavy atom. The van der Waals surface area contributed by atoms with E-state index in [4.69, 9.17) is 17.3 Å². The zero-order valence-electron chi connectivity index (χ0n) is 12.0. The van der Waals surface area contributed by atoms with Crippen molar-refractivity contribution in [3.8, 4) is 0 Å². The van der Waals surface area contributed by atoms with E-state index in [2.05, 4.69) is 10.6 Å². The van der Waals surface area contributed by atoms with Gasteiger partial charge in [-0.25, -0.2) is 0 Å². The topological polar surface area (TPSA) is 84.2 Å². The first kappa shape index (κ1) is 15.8. The molecule has 21 heavy (non-hydrogen) atoms. The van der Waals surface area contributed by atoms with Crippen molar-refractivity contribution in [2.75, 3.05) is 18.9 Å². The quantitative estimate of drug-likeness (QED) is 0.795. The summed E-state index contributed by atoms with van der Waals surface area (Å²) in [5.41, 5.74) is 6.55. The van der Waals surface area contributed by atoms with E-state index in [-0.39, 0.29) is 23.7 Å². The van der Waals surface area contributed by atoms with Crippen molar-refractivity contribution in [1.82, 2.24) is 5.32 Å². The number of amides is 2. The maximum absolute atomic E-state index is 12.4. The van der Waals surface area contributed by atoms with E-state index in [0.717, 1.165) is 19.3 Å². The zero-order chi connectivity index (χ0) is 15.4. The molecule has 4 N–H and O–H groups in total. The lowest BCUT2D eigenvalue weighted by atomic mass is 9.95. The van der Waals surface area contributed by atoms with E-state index in [9.17, 15) is 9.59 Å². The highest BCUT2D eigenvalue weighted by molar-refractivity contribution is 6.31. The third-order valence-electron chi connectivity index (χ3n) is 4.01. The Morgan fingerprint density at radius 3 is 2.81 bits per heavy atom. The highest BCUT2D eigenvalue weighted by Crippen LogP contribution is 2.32. The molecule has 6 heteroatoms. The molecule has 2 amide bonds. The standard InChI is InChI=1S/C15H20ClN3O2/c1-18-14(20)12-7-10(16)5-6-13(12)19-15(21)11-4-2-3-9(11)8-17/h5-7,9,11H,2-4,8,17H2,1H3,(H,18,20)(H,19,21)/t9-,11-/m1/s1. The fraction of sp³-hybridized carbons (Fsp3) is 0.467. The van der Waals surface area contributed by atoms with Crippen LogP contribution in [0.1, 0.15) is 29.6 Å². The summed E-state index contributed by atoms with van der Waals surface area (Å²) in [4.78, 5) is 24.3. The molecule has 0 unspecified atom stereocenters. The molecular formula is C15H20ClN3O2. The van der Waals surface area contributed by atoms with Crippen LogP contribution in [0.2, 0.25) is 5.02 Å². The number of benzene rings is 1. The molecule has 2 atom stereocenters. The number of hydrogen-bond donors (Lipinski definition) is 3. The first-order chi connectivity index (χ1) is 10.1. The third kappa shape index (κ3) is 3.54. The summed E-state index contributed by atoms with van der Waals surface area (Å²) in [7, 11) is 1.54. The van der Waals surface area contributed by atoms with Crippen molar-refractivity contribution < 1.29 is 9.59 Å². The molecule has 0 saturated heterocycles. The van der Waals surface area contributed by atoms with Gasteiger partial charge in [0.2, 0.25) is 5.91 Å². The van der Waals surface area contributed by atoms with Gasteiger partial charge in [0.25, 0.3) is 5.91 Å². The largest absolute Gasteiger partial charge is 0.355 e. The van der Waals surface area contributed by atoms with Crippen molar-refractivity contribution in [3.63, 3.8) is 0 Å². The zero-order valence-corrected chi connectivity index (χ0v) is 12.7. The number of carbonyl (C=O) groups excluding carboxylic acids is 2. The Kier molecular flexibility index (Phi) is 5.20. The van der Waals surface area contributed by atoms with Gasteiger partial charge in [-0.05, 0) is 43.5 Å². The molecule has 1 fully saturated rings. The van der Waals surface area contributed by atoms with Crippen LogP contribution in [-0.2, 0) is 4.79 Å². The second kappa shape index (κ2) is 6.91. The Bertz CT molecular complexity index is 548. The fourth-order valence-corrected chi connectivity index (χ4v) is 3.01. The number of nitrogens with one attached hydrogen (secondary N) is 2. The highest BCUT2D eigenvalue weighted by atomic mass is 35.5. The van der Waals surface area contributed by atoms with Gasteiger partial charge in [0.05, 0.1) is 11.3 Å². The van der Waals surface area contributed by atoms with Crippen LogP contribution in [-0.4, -0.2) is 25.4 Å². The number of halogens is 1. The highest BCUT2D eigenvalue weighted by Gasteiger charge is 2.32. The minimum absolute atomic E-state index is 0.0737. The summed E-state index contributed by atoms with van der Waals surface area (Å²) in [6.07, 6.45) is 2.84. The molecule has 0 spiro atoms. The first-order valence-electron chi connectivity index (χ1n) is 7.09. The molecule has 5 nitrogen and oxygen atoms in total. The van der Waals surface area contributed by atoms with Crippen LogP contribution in [0.4, 0.5) is 5.69 Å². The van der Waals surface area contributed by atoms with Crippen LogP contribution in [0.25, 0.3) is 0 Å². The van der Waals surface area contributed by atoms with Gasteiger partial charge in [-0.3, -0.25) is 9.59 Å². The molecule has 0 bridgehead atoms. The molecule has 0 aliphatic heterocycles. The average Bonchev–Trinajstić information content (AvgIpc) is 2.96. The van der Waals surface area contributed by atoms with E-state index < -0.39 is 0 Å². The van der Waals surface area contributed by atoms with E-state index in [0.29, 0.717) is 22.8 Å². The van der Waals surface area contributed by atoms with Gasteiger partial charge in [-0.1, -0.05) is 18.0 Å². The maximum Gasteiger partial charge on any atom is 0.253 e. The fourth-order valence-electron chi connectivity index (χ4n) is 2.84. The van der Waals surface area contributed by atoms with Gasteiger partial charge >= 0.3 is 0 Å². The average molecular weight is 310 g/mol. The summed E-state index contributed by atoms with van der Waals surface area (Å²) in [6, 6.07) is 4.85. The monoisotopic (exact) mass is 309 g/mol. The van der Waals surface area contributed by atoms with Gasteiger partial charge in [-0.15, -0.1) is 0 Å². The van der Waals surface area contributed by atoms with Crippen LogP contribution >= 0.6 is 11.6 Å². The molecule has 0 heterocycles. The van der Waals surface area contributed by atoms with E-state index in [1.165, 1.54) is 7.05 Å². The third-order valence-corrected chi connectivity index (χ3v) is 4.24. The second-order valence-electron chi connectivity index (χ2n) is 5.29. The summed E-state index contributed by atoms with van der Waals surface area (Å²) >= 11 is 5.92. The molecule has 1 saturated carbocycles. The van der Waals surface area contributed by atoms with Gasteiger partial charge in [0.1, 0.15) is 0 Å². The lowest BCUT2D eigenvalue weighted by molar-refractivity contribution is -0.120. The van der Waals surface area contributed by atoms with Crippen LogP contribution < -0.4 is 16.4 Å². The van der Waals surface area contributed by atoms with Crippen molar-refractivity contribution in [3.05, 3.63) is 28.8 Å². The molecule has 1 aromatic rings. The van der Waals surface area contributed by atoms with Crippen molar-refractivity contribution in [2.45, 2.75) is 19.3 Å². The Morgan fingerprint density at radius 1 is 1.38 bits per heavy atom. The molecule has 1 aliphatic carbocycles. The number of anilines is 1. The smallest absolute Gasteiger partial charge is 0.253 e. The molecule has 2 rings (SSSR count). The van der Waals surface area contributed by atoms with Crippen molar-refractivity contribution in [2.24, 2.45) is 17.6 Å². The number of nitrogens with two attached hydrogens (primary N) is 1. The maximum atomic E-state index is 12.4. The molecular weight excluding hydrogens is 290 g/mol. The Balaban J connectivity index is 2.19. The molecule has 114 valence electrons. The van der Waals surface area contributed by atoms with Crippen LogP contribution in [0, 0.1) is 11.8 Å². The lowest BCUT2D eigenvalue weighted by Gasteiger charge is -2.18. The Labute approximate surface area is 129 Å². The Hall–Kier alpha value is -1.59. The predicted octanol–water partition coefficient (Wildman–Crippen LogP) is 2.01. The van der Waals surface area contributed by atoms with Crippen molar-refractivity contribution >= 4 is 29.1 Å². The normalized spacial score (nSPS) is 21.1. The van der Waals surface area contributed by atoms with Gasteiger partial charge in [0.15, 0.2) is 0 Å². The molecule has 0 aromatic heterocycles. The number of hydrogen-bond acceptors (Lipinski definition) is 3. The minimum atomic E-state index is -0.283. The molecule has 1 aliphatic rings. The lowest BCUT2D eigenvalue weighted by Crippen LogP contribution is -2.30. The summed E-state index contributed by atoms with van der Waals surface area (Å²) in [5, 5.41) is 5.84. The summed E-state index contributed by atoms with van der Waals surface area (Å²) < 4.78 is 0. The van der Waals surface area contributed by atoms with E-state index in [1.54, 1.807) is 18.2 Å². The van der Waals surface area contributed by atoms with Gasteiger partial charge in [0, 0.05) is 18.0 Å². The van der Waals surface area contributed by atoms with E-state index in [1.807, 2.05) is 0 Å². The van der Waals surface area contributed by atoms with Crippen LogP contribution in [0.3, 0.4) is 0 Å².